The van der Waals surface area contributed by atoms with E-state index in [0.717, 1.165) is 27.0 Å². The van der Waals surface area contributed by atoms with Crippen LogP contribution in [0.3, 0.4) is 0 Å². The summed E-state index contributed by atoms with van der Waals surface area (Å²) in [4.78, 5) is 6.49. The van der Waals surface area contributed by atoms with E-state index in [9.17, 15) is 0 Å². The highest BCUT2D eigenvalue weighted by atomic mass is 32.1. The van der Waals surface area contributed by atoms with Gasteiger partial charge in [-0.25, -0.2) is 4.98 Å². The number of imidazole rings is 1. The fourth-order valence-electron chi connectivity index (χ4n) is 1.84. The zero-order chi connectivity index (χ0) is 11.3. The number of rotatable bonds is 1. The molecule has 0 radical (unpaired) electrons. The number of nitrogens with zero attached hydrogens (tertiary/aromatic N) is 2. The van der Waals surface area contributed by atoms with Crippen molar-refractivity contribution >= 4 is 22.1 Å². The zero-order valence-corrected chi connectivity index (χ0v) is 9.84. The van der Waals surface area contributed by atoms with Crippen LogP contribution in [0.2, 0.25) is 0 Å². The van der Waals surface area contributed by atoms with Crippen LogP contribution in [0, 0.1) is 13.8 Å². The summed E-state index contributed by atoms with van der Waals surface area (Å²) in [6.07, 6.45) is 1.66. The molecule has 0 saturated carbocycles. The molecule has 3 aromatic rings. The predicted octanol–water partition coefficient (Wildman–Crippen LogP) is 2.85. The van der Waals surface area contributed by atoms with E-state index in [0.29, 0.717) is 5.82 Å². The first kappa shape index (κ1) is 9.47. The number of aryl methyl sites for hydroxylation is 2. The number of furan rings is 1. The van der Waals surface area contributed by atoms with Crippen LogP contribution >= 0.6 is 11.3 Å². The average molecular weight is 233 g/mol. The van der Waals surface area contributed by atoms with E-state index in [-0.39, 0.29) is 0 Å². The Morgan fingerprint density at radius 1 is 1.44 bits per heavy atom. The summed E-state index contributed by atoms with van der Waals surface area (Å²) in [5.74, 6) is 1.51. The third-order valence-electron chi connectivity index (χ3n) is 2.62. The largest absolute Gasteiger partial charge is 0.463 e. The van der Waals surface area contributed by atoms with E-state index in [1.54, 1.807) is 17.6 Å². The number of hydrogen-bond acceptors (Lipinski definition) is 4. The molecule has 0 spiro atoms. The second kappa shape index (κ2) is 3.12. The van der Waals surface area contributed by atoms with Gasteiger partial charge in [-0.2, -0.15) is 0 Å². The van der Waals surface area contributed by atoms with Gasteiger partial charge in [0.25, 0.3) is 0 Å². The van der Waals surface area contributed by atoms with Crippen molar-refractivity contribution in [3.63, 3.8) is 0 Å². The summed E-state index contributed by atoms with van der Waals surface area (Å²) in [5, 5.41) is 0. The monoisotopic (exact) mass is 233 g/mol. The second-order valence-corrected chi connectivity index (χ2v) is 4.87. The lowest BCUT2D eigenvalue weighted by molar-refractivity contribution is 0.579. The Morgan fingerprint density at radius 3 is 2.94 bits per heavy atom. The normalized spacial score (nSPS) is 11.4. The molecule has 4 nitrogen and oxygen atoms in total. The molecule has 0 aliphatic carbocycles. The van der Waals surface area contributed by atoms with Gasteiger partial charge in [0.15, 0.2) is 10.7 Å². The van der Waals surface area contributed by atoms with Crippen molar-refractivity contribution in [3.8, 4) is 11.5 Å². The summed E-state index contributed by atoms with van der Waals surface area (Å²) < 4.78 is 7.39. The molecule has 0 amide bonds. The molecule has 3 heterocycles. The highest BCUT2D eigenvalue weighted by Crippen LogP contribution is 2.34. The van der Waals surface area contributed by atoms with Crippen molar-refractivity contribution < 1.29 is 4.42 Å². The molecule has 0 unspecified atom stereocenters. The van der Waals surface area contributed by atoms with E-state index in [1.165, 1.54) is 0 Å². The lowest BCUT2D eigenvalue weighted by Gasteiger charge is -1.99. The van der Waals surface area contributed by atoms with Gasteiger partial charge in [0.1, 0.15) is 11.5 Å². The maximum Gasteiger partial charge on any atom is 0.196 e. The van der Waals surface area contributed by atoms with Crippen molar-refractivity contribution in [3.05, 3.63) is 29.0 Å². The summed E-state index contributed by atoms with van der Waals surface area (Å²) in [6.45, 7) is 3.96. The third kappa shape index (κ3) is 1.12. The van der Waals surface area contributed by atoms with Crippen LogP contribution in [0.1, 0.15) is 10.6 Å². The standard InChI is InChI=1S/C11H11N3OS/c1-6-10(12)14-9(8-4-3-5-15-8)7(2)16-11(14)13-6/h3-5H,12H2,1-2H3. The minimum Gasteiger partial charge on any atom is -0.463 e. The summed E-state index contributed by atoms with van der Waals surface area (Å²) in [6, 6.07) is 3.81. The molecule has 3 rings (SSSR count). The molecule has 16 heavy (non-hydrogen) atoms. The van der Waals surface area contributed by atoms with Crippen molar-refractivity contribution in [1.82, 2.24) is 9.38 Å². The molecule has 0 aliphatic heterocycles. The minimum absolute atomic E-state index is 0.686. The smallest absolute Gasteiger partial charge is 0.196 e. The maximum atomic E-state index is 6.02. The lowest BCUT2D eigenvalue weighted by Crippen LogP contribution is -1.95. The maximum absolute atomic E-state index is 6.02. The summed E-state index contributed by atoms with van der Waals surface area (Å²) >= 11 is 1.62. The molecule has 0 aromatic carbocycles. The van der Waals surface area contributed by atoms with Gasteiger partial charge in [-0.1, -0.05) is 0 Å². The molecule has 2 N–H and O–H groups in total. The highest BCUT2D eigenvalue weighted by molar-refractivity contribution is 7.17. The third-order valence-corrected chi connectivity index (χ3v) is 3.58. The average Bonchev–Trinajstić information content (AvgIpc) is 2.88. The number of fused-ring (bicyclic) bond motifs is 1. The zero-order valence-electron chi connectivity index (χ0n) is 9.02. The molecule has 0 saturated heterocycles. The number of thiazole rings is 1. The number of nitrogen functional groups attached to an aromatic ring is 1. The molecular formula is C11H11N3OS. The van der Waals surface area contributed by atoms with E-state index in [2.05, 4.69) is 4.98 Å². The first-order valence-corrected chi connectivity index (χ1v) is 5.78. The fourth-order valence-corrected chi connectivity index (χ4v) is 2.87. The Morgan fingerprint density at radius 2 is 2.25 bits per heavy atom. The molecular weight excluding hydrogens is 222 g/mol. The van der Waals surface area contributed by atoms with Crippen molar-refractivity contribution in [1.29, 1.82) is 0 Å². The molecule has 5 heteroatoms. The molecule has 0 bridgehead atoms. The molecule has 0 atom stereocenters. The minimum atomic E-state index is 0.686. The van der Waals surface area contributed by atoms with Crippen LogP contribution in [0.25, 0.3) is 16.4 Å². The number of aromatic nitrogens is 2. The van der Waals surface area contributed by atoms with Crippen LogP contribution in [0.15, 0.2) is 22.8 Å². The van der Waals surface area contributed by atoms with Gasteiger partial charge < -0.3 is 10.2 Å². The van der Waals surface area contributed by atoms with E-state index in [4.69, 9.17) is 10.2 Å². The molecule has 0 fully saturated rings. The lowest BCUT2D eigenvalue weighted by atomic mass is 10.3. The van der Waals surface area contributed by atoms with Crippen LogP contribution in [0.4, 0.5) is 5.82 Å². The van der Waals surface area contributed by atoms with Crippen molar-refractivity contribution in [2.24, 2.45) is 0 Å². The Bertz CT molecular complexity index is 648. The fraction of sp³-hybridized carbons (Fsp3) is 0.182. The SMILES string of the molecule is Cc1nc2sc(C)c(-c3ccco3)n2c1N. The predicted molar refractivity (Wildman–Crippen MR) is 64.7 cm³/mol. The van der Waals surface area contributed by atoms with Gasteiger partial charge in [0, 0.05) is 4.88 Å². The number of hydrogen-bond donors (Lipinski definition) is 1. The summed E-state index contributed by atoms with van der Waals surface area (Å²) in [5.41, 5.74) is 7.89. The van der Waals surface area contributed by atoms with Gasteiger partial charge in [-0.15, -0.1) is 11.3 Å². The van der Waals surface area contributed by atoms with Gasteiger partial charge in [-0.05, 0) is 26.0 Å². The second-order valence-electron chi connectivity index (χ2n) is 3.68. The van der Waals surface area contributed by atoms with Gasteiger partial charge in [0.05, 0.1) is 12.0 Å². The first-order valence-electron chi connectivity index (χ1n) is 4.96. The molecule has 82 valence electrons. The van der Waals surface area contributed by atoms with Gasteiger partial charge in [-0.3, -0.25) is 4.40 Å². The Hall–Kier alpha value is -1.75. The van der Waals surface area contributed by atoms with E-state index >= 15 is 0 Å². The van der Waals surface area contributed by atoms with Crippen LogP contribution in [0.5, 0.6) is 0 Å². The van der Waals surface area contributed by atoms with E-state index < -0.39 is 0 Å². The van der Waals surface area contributed by atoms with Crippen LogP contribution < -0.4 is 5.73 Å². The van der Waals surface area contributed by atoms with E-state index in [1.807, 2.05) is 30.4 Å². The number of nitrogens with two attached hydrogens (primary N) is 1. The van der Waals surface area contributed by atoms with Crippen molar-refractivity contribution in [2.75, 3.05) is 5.73 Å². The van der Waals surface area contributed by atoms with Crippen LogP contribution in [-0.4, -0.2) is 9.38 Å². The topological polar surface area (TPSA) is 56.5 Å². The molecule has 3 aromatic heterocycles. The van der Waals surface area contributed by atoms with Gasteiger partial charge >= 0.3 is 0 Å². The number of anilines is 1. The first-order chi connectivity index (χ1) is 7.68. The Kier molecular flexibility index (Phi) is 1.85. The van der Waals surface area contributed by atoms with Crippen molar-refractivity contribution in [2.45, 2.75) is 13.8 Å². The summed E-state index contributed by atoms with van der Waals surface area (Å²) in [7, 11) is 0. The Balaban J connectivity index is 2.42. The Labute approximate surface area is 96.3 Å². The van der Waals surface area contributed by atoms with Gasteiger partial charge in [0.2, 0.25) is 0 Å². The van der Waals surface area contributed by atoms with Crippen LogP contribution in [-0.2, 0) is 0 Å². The molecule has 0 aliphatic rings. The highest BCUT2D eigenvalue weighted by Gasteiger charge is 2.17. The quantitative estimate of drug-likeness (QED) is 0.703.